The van der Waals surface area contributed by atoms with Gasteiger partial charge in [0.15, 0.2) is 0 Å². The average molecular weight is 290 g/mol. The lowest BCUT2D eigenvalue weighted by Gasteiger charge is -2.33. The molecule has 1 aromatic rings. The van der Waals surface area contributed by atoms with Crippen molar-refractivity contribution in [2.45, 2.75) is 37.8 Å². The Kier molecular flexibility index (Phi) is 3.98. The SMILES string of the molecule is O=C1CC[C@@H](C(=O)N2CCC[C@H](Oc3cccnn3)C2)N1. The van der Waals surface area contributed by atoms with Crippen LogP contribution in [0, 0.1) is 0 Å². The van der Waals surface area contributed by atoms with Crippen LogP contribution >= 0.6 is 0 Å². The molecule has 1 aromatic heterocycles. The third-order valence-electron chi connectivity index (χ3n) is 3.82. The number of ether oxygens (including phenoxy) is 1. The molecular formula is C14H18N4O3. The number of carbonyl (C=O) groups is 2. The molecule has 0 saturated carbocycles. The fourth-order valence-electron chi connectivity index (χ4n) is 2.78. The number of carbonyl (C=O) groups excluding carboxylic acids is 2. The molecule has 0 aromatic carbocycles. The zero-order valence-electron chi connectivity index (χ0n) is 11.7. The fraction of sp³-hybridized carbons (Fsp3) is 0.571. The quantitative estimate of drug-likeness (QED) is 0.855. The fourth-order valence-corrected chi connectivity index (χ4v) is 2.78. The summed E-state index contributed by atoms with van der Waals surface area (Å²) in [7, 11) is 0. The van der Waals surface area contributed by atoms with E-state index in [4.69, 9.17) is 4.74 Å². The van der Waals surface area contributed by atoms with E-state index in [1.165, 1.54) is 0 Å². The standard InChI is InChI=1S/C14H18N4O3/c19-12-6-5-11(16-12)14(20)18-8-2-3-10(9-18)21-13-4-1-7-15-17-13/h1,4,7,10-11H,2-3,5-6,8-9H2,(H,16,19)/t10-,11-/m0/s1. The number of piperidine rings is 1. The Morgan fingerprint density at radius 3 is 3.05 bits per heavy atom. The van der Waals surface area contributed by atoms with Gasteiger partial charge in [0.05, 0.1) is 6.54 Å². The number of nitrogens with one attached hydrogen (secondary N) is 1. The topological polar surface area (TPSA) is 84.4 Å². The molecule has 112 valence electrons. The van der Waals surface area contributed by atoms with E-state index in [1.54, 1.807) is 23.2 Å². The van der Waals surface area contributed by atoms with Crippen molar-refractivity contribution in [1.82, 2.24) is 20.4 Å². The van der Waals surface area contributed by atoms with Crippen molar-refractivity contribution >= 4 is 11.8 Å². The maximum atomic E-state index is 12.4. The van der Waals surface area contributed by atoms with E-state index in [9.17, 15) is 9.59 Å². The smallest absolute Gasteiger partial charge is 0.245 e. The molecule has 3 rings (SSSR count). The van der Waals surface area contributed by atoms with Crippen molar-refractivity contribution in [3.8, 4) is 5.88 Å². The van der Waals surface area contributed by atoms with Gasteiger partial charge in [-0.3, -0.25) is 9.59 Å². The number of likely N-dealkylation sites (tertiary alicyclic amines) is 1. The lowest BCUT2D eigenvalue weighted by molar-refractivity contribution is -0.136. The Labute approximate surface area is 122 Å². The van der Waals surface area contributed by atoms with E-state index < -0.39 is 0 Å². The first-order valence-corrected chi connectivity index (χ1v) is 7.25. The first-order chi connectivity index (χ1) is 10.2. The Balaban J connectivity index is 1.58. The minimum atomic E-state index is -0.368. The molecule has 2 aliphatic heterocycles. The molecule has 0 spiro atoms. The van der Waals surface area contributed by atoms with Crippen molar-refractivity contribution in [2.24, 2.45) is 0 Å². The second kappa shape index (κ2) is 6.07. The zero-order valence-corrected chi connectivity index (χ0v) is 11.7. The number of rotatable bonds is 3. The van der Waals surface area contributed by atoms with E-state index in [0.717, 1.165) is 12.8 Å². The van der Waals surface area contributed by atoms with Gasteiger partial charge in [0, 0.05) is 25.2 Å². The summed E-state index contributed by atoms with van der Waals surface area (Å²) in [4.78, 5) is 25.4. The molecule has 0 bridgehead atoms. The minimum absolute atomic E-state index is 0.00621. The van der Waals surface area contributed by atoms with Crippen molar-refractivity contribution in [1.29, 1.82) is 0 Å². The van der Waals surface area contributed by atoms with Crippen LogP contribution in [0.25, 0.3) is 0 Å². The van der Waals surface area contributed by atoms with Gasteiger partial charge in [-0.2, -0.15) is 5.10 Å². The molecule has 2 atom stereocenters. The highest BCUT2D eigenvalue weighted by molar-refractivity contribution is 5.90. The molecule has 0 radical (unpaired) electrons. The van der Waals surface area contributed by atoms with Crippen LogP contribution in [-0.2, 0) is 9.59 Å². The minimum Gasteiger partial charge on any atom is -0.471 e. The highest BCUT2D eigenvalue weighted by Crippen LogP contribution is 2.18. The number of amides is 2. The van der Waals surface area contributed by atoms with Crippen LogP contribution in [0.5, 0.6) is 5.88 Å². The van der Waals surface area contributed by atoms with Crippen LogP contribution in [0.3, 0.4) is 0 Å². The summed E-state index contributed by atoms with van der Waals surface area (Å²) < 4.78 is 5.76. The highest BCUT2D eigenvalue weighted by Gasteiger charge is 2.33. The average Bonchev–Trinajstić information content (AvgIpc) is 2.94. The monoisotopic (exact) mass is 290 g/mol. The van der Waals surface area contributed by atoms with Crippen LogP contribution < -0.4 is 10.1 Å². The van der Waals surface area contributed by atoms with Crippen LogP contribution in [0.15, 0.2) is 18.3 Å². The summed E-state index contributed by atoms with van der Waals surface area (Å²) in [6.45, 7) is 1.24. The third-order valence-corrected chi connectivity index (χ3v) is 3.82. The molecule has 2 saturated heterocycles. The van der Waals surface area contributed by atoms with Crippen molar-refractivity contribution in [2.75, 3.05) is 13.1 Å². The lowest BCUT2D eigenvalue weighted by Crippen LogP contribution is -2.50. The molecule has 7 nitrogen and oxygen atoms in total. The molecule has 3 heterocycles. The second-order valence-corrected chi connectivity index (χ2v) is 5.39. The largest absolute Gasteiger partial charge is 0.471 e. The maximum Gasteiger partial charge on any atom is 0.245 e. The van der Waals surface area contributed by atoms with E-state index >= 15 is 0 Å². The van der Waals surface area contributed by atoms with Crippen LogP contribution in [-0.4, -0.2) is 52.1 Å². The Bertz CT molecular complexity index is 522. The van der Waals surface area contributed by atoms with E-state index in [-0.39, 0.29) is 24.0 Å². The molecule has 2 aliphatic rings. The van der Waals surface area contributed by atoms with Gasteiger partial charge in [-0.05, 0) is 25.3 Å². The Hall–Kier alpha value is -2.18. The summed E-state index contributed by atoms with van der Waals surface area (Å²) in [6, 6.07) is 3.15. The molecule has 2 amide bonds. The predicted molar refractivity (Wildman–Crippen MR) is 73.4 cm³/mol. The lowest BCUT2D eigenvalue weighted by atomic mass is 10.1. The maximum absolute atomic E-state index is 12.4. The van der Waals surface area contributed by atoms with Gasteiger partial charge in [0.1, 0.15) is 12.1 Å². The van der Waals surface area contributed by atoms with Gasteiger partial charge in [0.2, 0.25) is 17.7 Å². The van der Waals surface area contributed by atoms with Crippen LogP contribution in [0.2, 0.25) is 0 Å². The van der Waals surface area contributed by atoms with Crippen molar-refractivity contribution < 1.29 is 14.3 Å². The van der Waals surface area contributed by atoms with Gasteiger partial charge in [0.25, 0.3) is 0 Å². The summed E-state index contributed by atoms with van der Waals surface area (Å²) >= 11 is 0. The number of hydrogen-bond donors (Lipinski definition) is 1. The number of hydrogen-bond acceptors (Lipinski definition) is 5. The highest BCUT2D eigenvalue weighted by atomic mass is 16.5. The number of nitrogens with zero attached hydrogens (tertiary/aromatic N) is 3. The summed E-state index contributed by atoms with van der Waals surface area (Å²) in [5, 5.41) is 10.4. The molecule has 21 heavy (non-hydrogen) atoms. The first kappa shape index (κ1) is 13.8. The van der Waals surface area contributed by atoms with Gasteiger partial charge in [-0.1, -0.05) is 0 Å². The molecular weight excluding hydrogens is 272 g/mol. The van der Waals surface area contributed by atoms with Gasteiger partial charge in [-0.25, -0.2) is 0 Å². The van der Waals surface area contributed by atoms with E-state index in [2.05, 4.69) is 15.5 Å². The van der Waals surface area contributed by atoms with Crippen molar-refractivity contribution in [3.05, 3.63) is 18.3 Å². The number of aromatic nitrogens is 2. The Morgan fingerprint density at radius 1 is 1.43 bits per heavy atom. The van der Waals surface area contributed by atoms with E-state index in [1.807, 2.05) is 0 Å². The van der Waals surface area contributed by atoms with Crippen LogP contribution in [0.4, 0.5) is 0 Å². The second-order valence-electron chi connectivity index (χ2n) is 5.39. The van der Waals surface area contributed by atoms with Gasteiger partial charge < -0.3 is 15.0 Å². The van der Waals surface area contributed by atoms with Crippen molar-refractivity contribution in [3.63, 3.8) is 0 Å². The molecule has 7 heteroatoms. The molecule has 2 fully saturated rings. The first-order valence-electron chi connectivity index (χ1n) is 7.25. The summed E-state index contributed by atoms with van der Waals surface area (Å²) in [6.07, 6.45) is 4.31. The van der Waals surface area contributed by atoms with Crippen LogP contribution in [0.1, 0.15) is 25.7 Å². The molecule has 0 unspecified atom stereocenters. The van der Waals surface area contributed by atoms with Gasteiger partial charge in [-0.15, -0.1) is 5.10 Å². The molecule has 1 N–H and O–H groups in total. The van der Waals surface area contributed by atoms with Gasteiger partial charge >= 0.3 is 0 Å². The third kappa shape index (κ3) is 3.29. The normalized spacial score (nSPS) is 25.5. The van der Waals surface area contributed by atoms with E-state index in [0.29, 0.717) is 31.8 Å². The summed E-state index contributed by atoms with van der Waals surface area (Å²) in [5.74, 6) is 0.428. The molecule has 0 aliphatic carbocycles. The zero-order chi connectivity index (χ0) is 14.7. The Morgan fingerprint density at radius 2 is 2.33 bits per heavy atom. The predicted octanol–water partition coefficient (Wildman–Crippen LogP) is 0.125. The summed E-state index contributed by atoms with van der Waals surface area (Å²) in [5.41, 5.74) is 0.